The third kappa shape index (κ3) is 1.42. The Kier molecular flexibility index (Phi) is 2.00. The lowest BCUT2D eigenvalue weighted by molar-refractivity contribution is 0.247. The lowest BCUT2D eigenvalue weighted by atomic mass is 9.93. The lowest BCUT2D eigenvalue weighted by Crippen LogP contribution is -2.30. The number of likely N-dealkylation sites (N-methyl/N-ethyl adjacent to an activating group) is 1. The van der Waals surface area contributed by atoms with Crippen LogP contribution in [-0.4, -0.2) is 18.5 Å². The number of nitrogens with two attached hydrogens (primary N) is 1. The van der Waals surface area contributed by atoms with Gasteiger partial charge in [-0.3, -0.25) is 4.90 Å². The van der Waals surface area contributed by atoms with Crippen LogP contribution in [0.15, 0.2) is 18.2 Å². The summed E-state index contributed by atoms with van der Waals surface area (Å²) in [5, 5.41) is 0. The van der Waals surface area contributed by atoms with Gasteiger partial charge in [-0.2, -0.15) is 0 Å². The summed E-state index contributed by atoms with van der Waals surface area (Å²) in [4.78, 5) is 2.36. The first kappa shape index (κ1) is 8.57. The Bertz CT molecular complexity index is 320. The Morgan fingerprint density at radius 2 is 2.23 bits per heavy atom. The summed E-state index contributed by atoms with van der Waals surface area (Å²) in [5.74, 6) is 0. The first-order valence-corrected chi connectivity index (χ1v) is 4.77. The highest BCUT2D eigenvalue weighted by Crippen LogP contribution is 2.29. The summed E-state index contributed by atoms with van der Waals surface area (Å²) < 4.78 is 0. The van der Waals surface area contributed by atoms with Crippen molar-refractivity contribution >= 4 is 5.69 Å². The van der Waals surface area contributed by atoms with E-state index in [1.807, 2.05) is 6.07 Å². The molecule has 1 atom stereocenters. The molecule has 1 aliphatic heterocycles. The van der Waals surface area contributed by atoms with Crippen LogP contribution in [0.1, 0.15) is 24.1 Å². The first-order chi connectivity index (χ1) is 6.18. The van der Waals surface area contributed by atoms with E-state index in [-0.39, 0.29) is 0 Å². The van der Waals surface area contributed by atoms with Gasteiger partial charge in [0.05, 0.1) is 0 Å². The number of hydrogen-bond donors (Lipinski definition) is 1. The molecule has 0 spiro atoms. The third-order valence-corrected chi connectivity index (χ3v) is 3.02. The van der Waals surface area contributed by atoms with Crippen LogP contribution in [0.4, 0.5) is 5.69 Å². The number of hydrogen-bond acceptors (Lipinski definition) is 2. The minimum absolute atomic E-state index is 0.507. The van der Waals surface area contributed by atoms with E-state index in [0.29, 0.717) is 6.04 Å². The first-order valence-electron chi connectivity index (χ1n) is 4.77. The van der Waals surface area contributed by atoms with Gasteiger partial charge >= 0.3 is 0 Å². The monoisotopic (exact) mass is 176 g/mol. The molecule has 1 aromatic rings. The highest BCUT2D eigenvalue weighted by Gasteiger charge is 2.20. The second-order valence-electron chi connectivity index (χ2n) is 3.86. The fraction of sp³-hybridized carbons (Fsp3) is 0.455. The van der Waals surface area contributed by atoms with E-state index in [1.54, 1.807) is 0 Å². The lowest BCUT2D eigenvalue weighted by Gasteiger charge is -2.32. The third-order valence-electron chi connectivity index (χ3n) is 3.02. The number of nitrogens with zero attached hydrogens (tertiary/aromatic N) is 1. The van der Waals surface area contributed by atoms with E-state index >= 15 is 0 Å². The molecule has 2 rings (SSSR count). The average molecular weight is 176 g/mol. The Morgan fingerprint density at radius 1 is 1.46 bits per heavy atom. The zero-order valence-corrected chi connectivity index (χ0v) is 8.25. The van der Waals surface area contributed by atoms with Gasteiger partial charge in [-0.05, 0) is 43.7 Å². The molecule has 1 aliphatic rings. The molecule has 1 heterocycles. The van der Waals surface area contributed by atoms with Crippen molar-refractivity contribution in [2.75, 3.05) is 19.3 Å². The summed E-state index contributed by atoms with van der Waals surface area (Å²) >= 11 is 0. The summed E-state index contributed by atoms with van der Waals surface area (Å²) in [6.07, 6.45) is 1.15. The largest absolute Gasteiger partial charge is 0.399 e. The standard InChI is InChI=1S/C11H16N2/c1-8-11-7-10(12)4-3-9(11)5-6-13(8)2/h3-4,7-8H,5-6,12H2,1-2H3. The minimum atomic E-state index is 0.507. The summed E-state index contributed by atoms with van der Waals surface area (Å²) in [7, 11) is 2.16. The van der Waals surface area contributed by atoms with Crippen molar-refractivity contribution < 1.29 is 0 Å². The van der Waals surface area contributed by atoms with Gasteiger partial charge in [0, 0.05) is 18.3 Å². The molecule has 13 heavy (non-hydrogen) atoms. The summed E-state index contributed by atoms with van der Waals surface area (Å²) in [6.45, 7) is 3.38. The molecular weight excluding hydrogens is 160 g/mol. The van der Waals surface area contributed by atoms with Crippen LogP contribution in [0.5, 0.6) is 0 Å². The topological polar surface area (TPSA) is 29.3 Å². The molecule has 0 saturated heterocycles. The zero-order chi connectivity index (χ0) is 9.42. The van der Waals surface area contributed by atoms with Crippen molar-refractivity contribution in [2.24, 2.45) is 0 Å². The normalized spacial score (nSPS) is 22.8. The zero-order valence-electron chi connectivity index (χ0n) is 8.25. The average Bonchev–Trinajstić information content (AvgIpc) is 2.12. The summed E-state index contributed by atoms with van der Waals surface area (Å²) in [5.41, 5.74) is 9.50. The SMILES string of the molecule is CC1c2cc(N)ccc2CCN1C. The van der Waals surface area contributed by atoms with E-state index in [2.05, 4.69) is 31.0 Å². The van der Waals surface area contributed by atoms with Gasteiger partial charge in [-0.1, -0.05) is 6.07 Å². The van der Waals surface area contributed by atoms with E-state index in [4.69, 9.17) is 5.73 Å². The van der Waals surface area contributed by atoms with Gasteiger partial charge in [-0.15, -0.1) is 0 Å². The quantitative estimate of drug-likeness (QED) is 0.611. The molecule has 1 aromatic carbocycles. The predicted octanol–water partition coefficient (Wildman–Crippen LogP) is 1.82. The van der Waals surface area contributed by atoms with E-state index in [1.165, 1.54) is 11.1 Å². The number of anilines is 1. The van der Waals surface area contributed by atoms with Crippen LogP contribution in [0.25, 0.3) is 0 Å². The molecule has 0 aliphatic carbocycles. The van der Waals surface area contributed by atoms with Crippen molar-refractivity contribution in [1.82, 2.24) is 4.90 Å². The molecule has 2 heteroatoms. The van der Waals surface area contributed by atoms with Crippen molar-refractivity contribution in [3.63, 3.8) is 0 Å². The number of benzene rings is 1. The Labute approximate surface area is 79.4 Å². The maximum Gasteiger partial charge on any atom is 0.0320 e. The van der Waals surface area contributed by atoms with Gasteiger partial charge in [0.25, 0.3) is 0 Å². The molecule has 0 radical (unpaired) electrons. The number of fused-ring (bicyclic) bond motifs is 1. The van der Waals surface area contributed by atoms with Gasteiger partial charge in [0.1, 0.15) is 0 Å². The van der Waals surface area contributed by atoms with E-state index in [0.717, 1.165) is 18.7 Å². The van der Waals surface area contributed by atoms with E-state index < -0.39 is 0 Å². The minimum Gasteiger partial charge on any atom is -0.399 e. The molecule has 70 valence electrons. The molecular formula is C11H16N2. The molecule has 0 fully saturated rings. The van der Waals surface area contributed by atoms with Crippen LogP contribution in [0, 0.1) is 0 Å². The van der Waals surface area contributed by atoms with Gasteiger partial charge in [0.2, 0.25) is 0 Å². The van der Waals surface area contributed by atoms with Crippen LogP contribution < -0.4 is 5.73 Å². The van der Waals surface area contributed by atoms with E-state index in [9.17, 15) is 0 Å². The fourth-order valence-electron chi connectivity index (χ4n) is 1.96. The van der Waals surface area contributed by atoms with Crippen molar-refractivity contribution in [2.45, 2.75) is 19.4 Å². The van der Waals surface area contributed by atoms with Crippen LogP contribution in [0.3, 0.4) is 0 Å². The number of nitrogen functional groups attached to an aromatic ring is 1. The van der Waals surface area contributed by atoms with Crippen molar-refractivity contribution in [1.29, 1.82) is 0 Å². The van der Waals surface area contributed by atoms with Gasteiger partial charge in [-0.25, -0.2) is 0 Å². The molecule has 0 bridgehead atoms. The predicted molar refractivity (Wildman–Crippen MR) is 55.6 cm³/mol. The van der Waals surface area contributed by atoms with Gasteiger partial charge < -0.3 is 5.73 Å². The Hall–Kier alpha value is -1.02. The van der Waals surface area contributed by atoms with Crippen LogP contribution in [0.2, 0.25) is 0 Å². The Morgan fingerprint density at radius 3 is 3.00 bits per heavy atom. The smallest absolute Gasteiger partial charge is 0.0320 e. The van der Waals surface area contributed by atoms with Crippen molar-refractivity contribution in [3.05, 3.63) is 29.3 Å². The highest BCUT2D eigenvalue weighted by molar-refractivity contribution is 5.46. The molecule has 0 saturated carbocycles. The van der Waals surface area contributed by atoms with Crippen molar-refractivity contribution in [3.8, 4) is 0 Å². The van der Waals surface area contributed by atoms with Crippen LogP contribution in [-0.2, 0) is 6.42 Å². The highest BCUT2D eigenvalue weighted by atomic mass is 15.1. The maximum atomic E-state index is 5.77. The fourth-order valence-corrected chi connectivity index (χ4v) is 1.96. The second-order valence-corrected chi connectivity index (χ2v) is 3.86. The number of rotatable bonds is 0. The second kappa shape index (κ2) is 3.04. The Balaban J connectivity index is 2.45. The molecule has 0 aromatic heterocycles. The van der Waals surface area contributed by atoms with Crippen LogP contribution >= 0.6 is 0 Å². The molecule has 2 N–H and O–H groups in total. The molecule has 1 unspecified atom stereocenters. The molecule has 0 amide bonds. The molecule has 2 nitrogen and oxygen atoms in total. The summed E-state index contributed by atoms with van der Waals surface area (Å²) in [6, 6.07) is 6.77. The van der Waals surface area contributed by atoms with Gasteiger partial charge in [0.15, 0.2) is 0 Å². The maximum absolute atomic E-state index is 5.77.